The molecule has 3 aliphatic heterocycles. The third-order valence-electron chi connectivity index (χ3n) is 22.9. The van der Waals surface area contributed by atoms with Crippen LogP contribution in [0.15, 0.2) is 83.1 Å². The Labute approximate surface area is 569 Å². The number of hydrogen-bond donors (Lipinski definition) is 6. The van der Waals surface area contributed by atoms with Crippen LogP contribution < -0.4 is 0 Å². The summed E-state index contributed by atoms with van der Waals surface area (Å²) in [4.78, 5) is 71.8. The summed E-state index contributed by atoms with van der Waals surface area (Å²) in [6.45, 7) is 25.6. The zero-order valence-corrected chi connectivity index (χ0v) is 60.3. The van der Waals surface area contributed by atoms with Gasteiger partial charge in [0.1, 0.15) is 30.1 Å². The number of ketones is 3. The van der Waals surface area contributed by atoms with Crippen LogP contribution in [0.1, 0.15) is 217 Å². The summed E-state index contributed by atoms with van der Waals surface area (Å²) in [5, 5.41) is 64.0. The van der Waals surface area contributed by atoms with E-state index in [0.717, 1.165) is 41.9 Å². The average Bonchev–Trinajstić information content (AvgIpc) is 1.72. The van der Waals surface area contributed by atoms with Crippen molar-refractivity contribution in [2.24, 2.45) is 58.7 Å². The van der Waals surface area contributed by atoms with E-state index in [4.69, 9.17) is 23.7 Å². The summed E-state index contributed by atoms with van der Waals surface area (Å²) in [6, 6.07) is -1.14. The zero-order chi connectivity index (χ0) is 70.3. The van der Waals surface area contributed by atoms with E-state index in [-0.39, 0.29) is 54.8 Å². The van der Waals surface area contributed by atoms with Gasteiger partial charge in [-0.05, 0) is 200 Å². The second-order valence-electron chi connectivity index (χ2n) is 30.9. The molecule has 17 nitrogen and oxygen atoms in total. The number of carbonyl (C=O) groups is 5. The van der Waals surface area contributed by atoms with Crippen LogP contribution in [0.2, 0.25) is 0 Å². The second-order valence-corrected chi connectivity index (χ2v) is 30.9. The maximum atomic E-state index is 14.4. The maximum Gasteiger partial charge on any atom is 0.329 e. The Hall–Kier alpha value is -4.27. The van der Waals surface area contributed by atoms with Gasteiger partial charge in [0.2, 0.25) is 5.79 Å². The van der Waals surface area contributed by atoms with Gasteiger partial charge in [-0.15, -0.1) is 0 Å². The van der Waals surface area contributed by atoms with Crippen LogP contribution in [-0.2, 0) is 47.7 Å². The minimum absolute atomic E-state index is 0.0193. The Balaban J connectivity index is 0.000000394. The molecule has 3 heterocycles. The highest BCUT2D eigenvalue weighted by Gasteiger charge is 2.54. The lowest BCUT2D eigenvalue weighted by Crippen LogP contribution is -2.61. The fourth-order valence-electron chi connectivity index (χ4n) is 16.9. The van der Waals surface area contributed by atoms with E-state index in [1.54, 1.807) is 46.6 Å². The van der Waals surface area contributed by atoms with E-state index in [9.17, 15) is 54.6 Å². The first-order valence-electron chi connectivity index (χ1n) is 36.1. The number of ether oxygens (including phenoxy) is 5. The predicted octanol–water partition coefficient (Wildman–Crippen LogP) is 11.9. The molecule has 4 aliphatic carbocycles. The number of methoxy groups -OCH3 is 3. The number of esters is 1. The van der Waals surface area contributed by atoms with Crippen molar-refractivity contribution in [3.8, 4) is 0 Å². The number of aliphatic hydroxyl groups excluding tert-OH is 4. The van der Waals surface area contributed by atoms with E-state index in [0.29, 0.717) is 93.5 Å². The molecule has 21 atom stereocenters. The van der Waals surface area contributed by atoms with E-state index >= 15 is 0 Å². The number of cyclic esters (lactones) is 1. The summed E-state index contributed by atoms with van der Waals surface area (Å²) >= 11 is 0. The van der Waals surface area contributed by atoms with Gasteiger partial charge in [0, 0.05) is 64.9 Å². The Morgan fingerprint density at radius 3 is 2.22 bits per heavy atom. The van der Waals surface area contributed by atoms with E-state index < -0.39 is 102 Å². The minimum Gasteiger partial charge on any atom is -0.460 e. The van der Waals surface area contributed by atoms with E-state index in [1.165, 1.54) is 50.5 Å². The van der Waals surface area contributed by atoms with Crippen LogP contribution in [0.4, 0.5) is 0 Å². The van der Waals surface area contributed by atoms with Gasteiger partial charge in [-0.1, -0.05) is 122 Å². The highest BCUT2D eigenvalue weighted by Crippen LogP contribution is 2.60. The Morgan fingerprint density at radius 2 is 1.54 bits per heavy atom. The number of nitrogens with zero attached hydrogens (tertiary/aromatic N) is 1. The van der Waals surface area contributed by atoms with Crippen LogP contribution in [-0.4, -0.2) is 165 Å². The van der Waals surface area contributed by atoms with Crippen molar-refractivity contribution in [3.63, 3.8) is 0 Å². The first-order valence-corrected chi connectivity index (χ1v) is 36.1. The molecule has 0 aromatic heterocycles. The molecule has 0 spiro atoms. The van der Waals surface area contributed by atoms with Gasteiger partial charge in [0.25, 0.3) is 11.7 Å². The van der Waals surface area contributed by atoms with Gasteiger partial charge < -0.3 is 59.2 Å². The lowest BCUT2D eigenvalue weighted by Gasteiger charge is -2.44. The van der Waals surface area contributed by atoms with Crippen molar-refractivity contribution in [1.82, 2.24) is 4.90 Å². The van der Waals surface area contributed by atoms with Crippen molar-refractivity contribution >= 4 is 29.2 Å². The lowest BCUT2D eigenvalue weighted by molar-refractivity contribution is -0.265. The van der Waals surface area contributed by atoms with Crippen molar-refractivity contribution in [2.75, 3.05) is 27.9 Å². The number of rotatable bonds is 12. The van der Waals surface area contributed by atoms with Crippen LogP contribution in [0.3, 0.4) is 0 Å². The molecule has 17 heteroatoms. The molecule has 7 rings (SSSR count). The minimum atomic E-state index is -2.43. The summed E-state index contributed by atoms with van der Waals surface area (Å²) in [6.07, 6.45) is 25.0. The van der Waals surface area contributed by atoms with Crippen LogP contribution >= 0.6 is 0 Å². The SMILES string of the molecule is C=C1/C(=C\C=C2/CCC[C@]3(C)[C@@H]([C@H](C)CCCC(C)(C)O)CC[C@@H]23)C[C@@H](O)C[C@@H]1O.CO[C@H]1C[C@@H]2CC[C@@H](C)[C@@](O)(O2)C(=O)C(=O)N2CCCC[C@H]2C(=O)O[C@H]([C@H](C)C[C@@H]2CC[C@@H](O)[C@H](OC)C2)CC(=O)[C@H](C)/C=C(\C)[C@@H](O)[C@@H](OC)C(=O)[C@H](C)C[C@H](C)\C=C/C=C/C=C/1C. The van der Waals surface area contributed by atoms with E-state index in [2.05, 4.69) is 32.6 Å². The number of hydrogen-bond acceptors (Lipinski definition) is 16. The predicted molar refractivity (Wildman–Crippen MR) is 369 cm³/mol. The number of carbonyl (C=O) groups excluding carboxylic acids is 5. The van der Waals surface area contributed by atoms with Crippen molar-refractivity contribution < 1.29 is 78.3 Å². The van der Waals surface area contributed by atoms with Gasteiger partial charge in [0.05, 0.1) is 42.2 Å². The van der Waals surface area contributed by atoms with Gasteiger partial charge in [-0.25, -0.2) is 4.79 Å². The van der Waals surface area contributed by atoms with Gasteiger partial charge in [0.15, 0.2) is 5.78 Å². The fraction of sp³-hybridized carbons (Fsp3) is 0.756. The molecule has 6 N–H and O–H groups in total. The molecule has 4 saturated carbocycles. The Morgan fingerprint density at radius 1 is 0.811 bits per heavy atom. The fourth-order valence-corrected chi connectivity index (χ4v) is 16.9. The Bertz CT molecular complexity index is 2770. The molecule has 1 amide bonds. The van der Waals surface area contributed by atoms with Crippen LogP contribution in [0.25, 0.3) is 0 Å². The van der Waals surface area contributed by atoms with Crippen molar-refractivity contribution in [2.45, 2.75) is 290 Å². The average molecular weight is 1330 g/mol. The quantitative estimate of drug-likeness (QED) is 0.0603. The molecule has 0 aromatic rings. The molecule has 0 aromatic carbocycles. The Kier molecular flexibility index (Phi) is 30.4. The standard InChI is InChI=1S/C51H79NO13.C27H44O3/c1-30-16-12-11-13-17-31(2)42(61-8)28-38-21-19-36(7)51(60,65-38)48(57)49(58)52-23-15-14-18-39(52)50(59)64-43(33(4)26-37-20-22-40(53)44(27-37)62-9)29-41(54)32(3)25-35(6)46(56)47(63-10)45(55)34(5)24-30;1-18(8-6-14-26(3,4)30)23-12-13-24-20(9-7-15-27(23,24)5)10-11-21-16-22(28)17-25(29)19(21)2/h11-13,16-17,25,30,32-34,36-40,42-44,46-47,53,56,60H,14-15,18-24,26-29H2,1-10H3;10-11,18,22-25,28-30H,2,6-9,12-17H2,1,3-5H3/b13-11+,16-12-,31-17+,35-25+;20-10+,21-11-/t30-,32-,33-,34-,36-,37+,38+,39+,40-,42+,43+,44-,46-,47+,51-;18-,22-,23-,24+,25+,27-/m11/s1. The summed E-state index contributed by atoms with van der Waals surface area (Å²) < 4.78 is 29.4. The third kappa shape index (κ3) is 21.4. The number of allylic oxidation sites excluding steroid dienone is 9. The zero-order valence-electron chi connectivity index (χ0n) is 60.3. The molecular weight excluding hydrogens is 1210 g/mol. The summed E-state index contributed by atoms with van der Waals surface area (Å²) in [5.74, 6) is -5.85. The topological polar surface area (TPSA) is 256 Å². The summed E-state index contributed by atoms with van der Waals surface area (Å²) in [5.41, 5.74) is 4.43. The highest BCUT2D eigenvalue weighted by molar-refractivity contribution is 6.39. The van der Waals surface area contributed by atoms with E-state index in [1.807, 2.05) is 71.9 Å². The number of aliphatic hydroxyl groups is 6. The van der Waals surface area contributed by atoms with Crippen molar-refractivity contribution in [1.29, 1.82) is 0 Å². The number of Topliss-reactive ketones (excluding diaryl/α,β-unsaturated/α-hetero) is 3. The monoisotopic (exact) mass is 1330 g/mol. The second kappa shape index (κ2) is 36.2. The van der Waals surface area contributed by atoms with Crippen LogP contribution in [0, 0.1) is 58.7 Å². The van der Waals surface area contributed by atoms with Gasteiger partial charge in [-0.2, -0.15) is 0 Å². The highest BCUT2D eigenvalue weighted by atomic mass is 16.6. The largest absolute Gasteiger partial charge is 0.460 e. The lowest BCUT2D eigenvalue weighted by atomic mass is 9.60. The van der Waals surface area contributed by atoms with Gasteiger partial charge >= 0.3 is 5.97 Å². The smallest absolute Gasteiger partial charge is 0.329 e. The molecule has 536 valence electrons. The number of piperidine rings is 1. The molecular formula is C78H123NO16. The molecule has 2 saturated heterocycles. The first-order chi connectivity index (χ1) is 44.8. The molecule has 0 radical (unpaired) electrons. The molecule has 0 unspecified atom stereocenters. The van der Waals surface area contributed by atoms with Gasteiger partial charge in [-0.3, -0.25) is 19.2 Å². The normalized spacial score (nSPS) is 39.9. The number of amides is 1. The maximum absolute atomic E-state index is 14.4. The molecule has 6 fully saturated rings. The molecule has 95 heavy (non-hydrogen) atoms. The first kappa shape index (κ1) is 79.7. The number of fused-ring (bicyclic) bond motifs is 4. The van der Waals surface area contributed by atoms with Crippen LogP contribution in [0.5, 0.6) is 0 Å². The summed E-state index contributed by atoms with van der Waals surface area (Å²) in [7, 11) is 4.52. The van der Waals surface area contributed by atoms with Crippen molar-refractivity contribution in [3.05, 3.63) is 83.1 Å². The third-order valence-corrected chi connectivity index (χ3v) is 22.9. The molecule has 2 bridgehead atoms. The molecule has 7 aliphatic rings.